The fraction of sp³-hybridized carbons (Fsp3) is 0.161. The Kier molecular flexibility index (Phi) is 8.73. The molecule has 8 N–H and O–H groups in total. The molecule has 218 valence electrons. The monoisotopic (exact) mass is 576 g/mol. The first kappa shape index (κ1) is 29.6. The molecule has 0 unspecified atom stereocenters. The maximum atomic E-state index is 12.6. The lowest BCUT2D eigenvalue weighted by molar-refractivity contribution is -0.160. The Labute approximate surface area is 239 Å². The van der Waals surface area contributed by atoms with Crippen molar-refractivity contribution in [2.45, 2.75) is 25.4 Å². The van der Waals surface area contributed by atoms with E-state index in [-0.39, 0.29) is 41.2 Å². The SMILES string of the molecule is O=C(C=Cc1cc(O)c(O)c2ccc(-c3cc(O)c(O)cc3CCCO)cc12)O[C@H](Cc1ccc(O)c(O)c1)C(=O)O. The van der Waals surface area contributed by atoms with Gasteiger partial charge in [0.2, 0.25) is 6.10 Å². The number of carbonyl (C=O) groups is 2. The van der Waals surface area contributed by atoms with Crippen molar-refractivity contribution in [2.24, 2.45) is 0 Å². The van der Waals surface area contributed by atoms with Crippen molar-refractivity contribution in [3.63, 3.8) is 0 Å². The maximum absolute atomic E-state index is 12.6. The van der Waals surface area contributed by atoms with Gasteiger partial charge >= 0.3 is 11.9 Å². The minimum absolute atomic E-state index is 0.0862. The molecule has 11 nitrogen and oxygen atoms in total. The highest BCUT2D eigenvalue weighted by Gasteiger charge is 2.23. The highest BCUT2D eigenvalue weighted by Crippen LogP contribution is 2.41. The van der Waals surface area contributed by atoms with Gasteiger partial charge in [-0.2, -0.15) is 0 Å². The van der Waals surface area contributed by atoms with Crippen LogP contribution in [0.4, 0.5) is 0 Å². The number of fused-ring (bicyclic) bond motifs is 1. The number of rotatable bonds is 10. The van der Waals surface area contributed by atoms with Crippen LogP contribution < -0.4 is 0 Å². The summed E-state index contributed by atoms with van der Waals surface area (Å²) in [6, 6.07) is 12.5. The molecule has 0 amide bonds. The standard InChI is InChI=1S/C31H28O11/c32-9-1-2-17-13-25(35)26(36)15-21(17)18-4-6-20-22(12-18)19(14-27(37)30(20)39)5-8-29(38)42-28(31(40)41)11-16-3-7-23(33)24(34)10-16/h3-8,10,12-15,28,32-37,39H,1-2,9,11H2,(H,40,41)/t28-/m1/s1. The Balaban J connectivity index is 1.67. The predicted molar refractivity (Wildman–Crippen MR) is 151 cm³/mol. The zero-order chi connectivity index (χ0) is 30.6. The molecule has 42 heavy (non-hydrogen) atoms. The summed E-state index contributed by atoms with van der Waals surface area (Å²) in [5, 5.41) is 79.4. The second-order valence-electron chi connectivity index (χ2n) is 9.54. The molecule has 0 saturated carbocycles. The molecule has 0 aliphatic heterocycles. The van der Waals surface area contributed by atoms with Crippen molar-refractivity contribution < 1.29 is 55.2 Å². The van der Waals surface area contributed by atoms with Crippen LogP contribution >= 0.6 is 0 Å². The van der Waals surface area contributed by atoms with Gasteiger partial charge in [-0.3, -0.25) is 0 Å². The third-order valence-electron chi connectivity index (χ3n) is 6.63. The number of aliphatic carboxylic acids is 1. The van der Waals surface area contributed by atoms with Crippen molar-refractivity contribution >= 4 is 28.8 Å². The summed E-state index contributed by atoms with van der Waals surface area (Å²) in [7, 11) is 0. The molecule has 1 atom stereocenters. The number of carbonyl (C=O) groups excluding carboxylic acids is 1. The van der Waals surface area contributed by atoms with Crippen LogP contribution in [-0.4, -0.2) is 65.5 Å². The number of aromatic hydroxyl groups is 6. The number of carboxylic acid groups (broad SMARTS) is 1. The first-order chi connectivity index (χ1) is 20.0. The number of hydrogen-bond donors (Lipinski definition) is 8. The molecule has 0 radical (unpaired) electrons. The topological polar surface area (TPSA) is 205 Å². The molecule has 0 bridgehead atoms. The average Bonchev–Trinajstić information content (AvgIpc) is 2.95. The number of hydrogen-bond acceptors (Lipinski definition) is 10. The highest BCUT2D eigenvalue weighted by atomic mass is 16.6. The van der Waals surface area contributed by atoms with E-state index in [1.165, 1.54) is 42.5 Å². The summed E-state index contributed by atoms with van der Waals surface area (Å²) in [4.78, 5) is 24.3. The van der Waals surface area contributed by atoms with Gasteiger partial charge in [-0.15, -0.1) is 0 Å². The fourth-order valence-corrected chi connectivity index (χ4v) is 4.52. The third-order valence-corrected chi connectivity index (χ3v) is 6.63. The van der Waals surface area contributed by atoms with Gasteiger partial charge in [0.15, 0.2) is 34.5 Å². The molecule has 0 aromatic heterocycles. The van der Waals surface area contributed by atoms with Crippen LogP contribution in [0.2, 0.25) is 0 Å². The summed E-state index contributed by atoms with van der Waals surface area (Å²) in [5.74, 6) is -4.85. The third kappa shape index (κ3) is 6.48. The van der Waals surface area contributed by atoms with E-state index in [1.807, 2.05) is 0 Å². The minimum Gasteiger partial charge on any atom is -0.504 e. The smallest absolute Gasteiger partial charge is 0.345 e. The molecule has 0 aliphatic carbocycles. The zero-order valence-corrected chi connectivity index (χ0v) is 22.1. The number of phenolic OH excluding ortho intramolecular Hbond substituents is 6. The summed E-state index contributed by atoms with van der Waals surface area (Å²) in [6.45, 7) is -0.0862. The number of aryl methyl sites for hydroxylation is 1. The van der Waals surface area contributed by atoms with Gasteiger partial charge in [0, 0.05) is 24.5 Å². The van der Waals surface area contributed by atoms with Gasteiger partial charge < -0.3 is 45.6 Å². The number of ether oxygens (including phenoxy) is 1. The first-order valence-corrected chi connectivity index (χ1v) is 12.8. The summed E-state index contributed by atoms with van der Waals surface area (Å²) in [5.41, 5.74) is 2.33. The summed E-state index contributed by atoms with van der Waals surface area (Å²) >= 11 is 0. The highest BCUT2D eigenvalue weighted by molar-refractivity contribution is 6.01. The molecular formula is C31H28O11. The first-order valence-electron chi connectivity index (χ1n) is 12.8. The summed E-state index contributed by atoms with van der Waals surface area (Å²) in [6.07, 6.45) is 1.14. The molecule has 0 saturated heterocycles. The van der Waals surface area contributed by atoms with Crippen molar-refractivity contribution in [3.05, 3.63) is 77.4 Å². The Hall–Kier alpha value is -5.42. The van der Waals surface area contributed by atoms with Crippen LogP contribution in [0.15, 0.2) is 60.7 Å². The van der Waals surface area contributed by atoms with Gasteiger partial charge in [0.1, 0.15) is 0 Å². The Morgan fingerprint density at radius 3 is 2.19 bits per heavy atom. The molecule has 0 fully saturated rings. The van der Waals surface area contributed by atoms with Crippen molar-refractivity contribution in [1.29, 1.82) is 0 Å². The lowest BCUT2D eigenvalue weighted by Gasteiger charge is -2.14. The van der Waals surface area contributed by atoms with Gasteiger partial charge in [0.25, 0.3) is 0 Å². The van der Waals surface area contributed by atoms with E-state index in [0.717, 1.165) is 12.1 Å². The Bertz CT molecular complexity index is 1690. The Morgan fingerprint density at radius 1 is 0.786 bits per heavy atom. The normalized spacial score (nSPS) is 12.0. The minimum atomic E-state index is -1.61. The van der Waals surface area contributed by atoms with Gasteiger partial charge in [-0.25, -0.2) is 9.59 Å². The van der Waals surface area contributed by atoms with E-state index in [0.29, 0.717) is 40.5 Å². The van der Waals surface area contributed by atoms with Crippen LogP contribution in [0.5, 0.6) is 34.5 Å². The van der Waals surface area contributed by atoms with Gasteiger partial charge in [0.05, 0.1) is 0 Å². The molecule has 0 aliphatic rings. The number of aliphatic hydroxyl groups is 1. The second-order valence-corrected chi connectivity index (χ2v) is 9.54. The van der Waals surface area contributed by atoms with Crippen molar-refractivity contribution in [2.75, 3.05) is 6.61 Å². The van der Waals surface area contributed by atoms with E-state index in [2.05, 4.69) is 0 Å². The Morgan fingerprint density at radius 2 is 1.50 bits per heavy atom. The van der Waals surface area contributed by atoms with Crippen LogP contribution in [-0.2, 0) is 27.2 Å². The van der Waals surface area contributed by atoms with Crippen LogP contribution in [0, 0.1) is 0 Å². The number of phenols is 6. The van der Waals surface area contributed by atoms with Crippen LogP contribution in [0.3, 0.4) is 0 Å². The molecule has 0 heterocycles. The van der Waals surface area contributed by atoms with E-state index < -0.39 is 35.3 Å². The van der Waals surface area contributed by atoms with E-state index in [1.54, 1.807) is 12.1 Å². The lowest BCUT2D eigenvalue weighted by Crippen LogP contribution is -2.28. The zero-order valence-electron chi connectivity index (χ0n) is 22.1. The number of carboxylic acids is 1. The maximum Gasteiger partial charge on any atom is 0.345 e. The van der Waals surface area contributed by atoms with Gasteiger partial charge in [-0.05, 0) is 94.6 Å². The van der Waals surface area contributed by atoms with E-state index in [9.17, 15) is 50.4 Å². The molecule has 4 aromatic rings. The molecule has 0 spiro atoms. The lowest BCUT2D eigenvalue weighted by atomic mass is 9.92. The predicted octanol–water partition coefficient (Wildman–Crippen LogP) is 3.92. The number of esters is 1. The van der Waals surface area contributed by atoms with Crippen LogP contribution in [0.1, 0.15) is 23.1 Å². The largest absolute Gasteiger partial charge is 0.504 e. The van der Waals surface area contributed by atoms with Crippen molar-refractivity contribution in [1.82, 2.24) is 0 Å². The summed E-state index contributed by atoms with van der Waals surface area (Å²) < 4.78 is 5.09. The molecule has 4 aromatic carbocycles. The molecule has 4 rings (SSSR count). The van der Waals surface area contributed by atoms with E-state index in [4.69, 9.17) is 4.74 Å². The average molecular weight is 577 g/mol. The quantitative estimate of drug-likeness (QED) is 0.0771. The van der Waals surface area contributed by atoms with E-state index >= 15 is 0 Å². The second kappa shape index (κ2) is 12.4. The molecular weight excluding hydrogens is 548 g/mol. The fourth-order valence-electron chi connectivity index (χ4n) is 4.52. The van der Waals surface area contributed by atoms with Crippen molar-refractivity contribution in [3.8, 4) is 45.6 Å². The van der Waals surface area contributed by atoms with Crippen LogP contribution in [0.25, 0.3) is 28.0 Å². The number of benzene rings is 4. The number of aliphatic hydroxyl groups excluding tert-OH is 1. The van der Waals surface area contributed by atoms with Gasteiger partial charge in [-0.1, -0.05) is 12.1 Å². The molecule has 11 heteroatoms.